The Morgan fingerprint density at radius 1 is 1.43 bits per heavy atom. The lowest BCUT2D eigenvalue weighted by molar-refractivity contribution is 0.0697. The normalized spacial score (nSPS) is 9.43. The summed E-state index contributed by atoms with van der Waals surface area (Å²) in [7, 11) is -2.46. The van der Waals surface area contributed by atoms with Gasteiger partial charge < -0.3 is 5.11 Å². The molecule has 0 aromatic heterocycles. The average Bonchev–Trinajstić information content (AvgIpc) is 2.15. The zero-order valence-electron chi connectivity index (χ0n) is 7.04. The number of carbonyl (C=O) groups is 1. The van der Waals surface area contributed by atoms with Crippen LogP contribution < -0.4 is 0 Å². The van der Waals surface area contributed by atoms with E-state index in [-0.39, 0.29) is 12.1 Å². The van der Waals surface area contributed by atoms with Gasteiger partial charge in [0.15, 0.2) is 0 Å². The molecule has 0 aliphatic heterocycles. The van der Waals surface area contributed by atoms with Crippen molar-refractivity contribution in [3.63, 3.8) is 0 Å². The summed E-state index contributed by atoms with van der Waals surface area (Å²) in [5.41, 5.74) is 0.670. The summed E-state index contributed by atoms with van der Waals surface area (Å²) in [6, 6.07) is 5.98. The van der Waals surface area contributed by atoms with Crippen LogP contribution in [0.1, 0.15) is 15.9 Å². The number of hydrogen-bond donors (Lipinski definition) is 1. The summed E-state index contributed by atoms with van der Waals surface area (Å²) in [6.07, 6.45) is 0. The monoisotopic (exact) mass is 213 g/mol. The Kier molecular flexibility index (Phi) is 3.35. The van der Waals surface area contributed by atoms with Crippen molar-refractivity contribution in [3.05, 3.63) is 35.4 Å². The summed E-state index contributed by atoms with van der Waals surface area (Å²) in [5, 5.41) is 8.63. The Labute approximate surface area is 81.7 Å². The fraction of sp³-hybridized carbons (Fsp3) is 0.125. The zero-order chi connectivity index (χ0) is 10.6. The molecular formula is C8H7NO4S. The standard InChI is InChI=1S/C8H7NO4S/c10-8(11)7-3-1-2-6(4-7)5-9-14(12)13/h1-4H,5H2,(H,10,11). The van der Waals surface area contributed by atoms with Gasteiger partial charge in [-0.1, -0.05) is 12.1 Å². The molecule has 0 saturated carbocycles. The van der Waals surface area contributed by atoms with E-state index in [0.717, 1.165) is 0 Å². The molecule has 1 aromatic carbocycles. The number of aromatic carboxylic acids is 1. The summed E-state index contributed by atoms with van der Waals surface area (Å²) in [6.45, 7) is -0.0305. The van der Waals surface area contributed by atoms with Gasteiger partial charge in [-0.05, 0) is 17.7 Å². The zero-order valence-corrected chi connectivity index (χ0v) is 7.86. The minimum absolute atomic E-state index is 0.0305. The average molecular weight is 213 g/mol. The largest absolute Gasteiger partial charge is 0.478 e. The van der Waals surface area contributed by atoms with Gasteiger partial charge in [0, 0.05) is 0 Å². The molecule has 1 aromatic rings. The van der Waals surface area contributed by atoms with Gasteiger partial charge in [-0.15, -0.1) is 0 Å². The van der Waals surface area contributed by atoms with Crippen LogP contribution in [0.25, 0.3) is 0 Å². The quantitative estimate of drug-likeness (QED) is 0.810. The Balaban J connectivity index is 2.94. The highest BCUT2D eigenvalue weighted by atomic mass is 32.2. The van der Waals surface area contributed by atoms with Gasteiger partial charge in [-0.2, -0.15) is 12.8 Å². The van der Waals surface area contributed by atoms with Crippen molar-refractivity contribution in [2.75, 3.05) is 0 Å². The van der Waals surface area contributed by atoms with E-state index >= 15 is 0 Å². The van der Waals surface area contributed by atoms with Crippen LogP contribution in [0.5, 0.6) is 0 Å². The Morgan fingerprint density at radius 3 is 2.71 bits per heavy atom. The van der Waals surface area contributed by atoms with Gasteiger partial charge in [0.25, 0.3) is 0 Å². The Morgan fingerprint density at radius 2 is 2.14 bits per heavy atom. The first kappa shape index (κ1) is 10.4. The minimum atomic E-state index is -2.46. The van der Waals surface area contributed by atoms with Crippen LogP contribution in [0.2, 0.25) is 0 Å². The molecule has 0 atom stereocenters. The fourth-order valence-electron chi connectivity index (χ4n) is 0.930. The van der Waals surface area contributed by atoms with Crippen LogP contribution in [-0.2, 0) is 17.0 Å². The van der Waals surface area contributed by atoms with Gasteiger partial charge in [0.05, 0.1) is 12.1 Å². The molecule has 5 nitrogen and oxygen atoms in total. The molecule has 0 bridgehead atoms. The highest BCUT2D eigenvalue weighted by Crippen LogP contribution is 2.06. The molecule has 6 heteroatoms. The smallest absolute Gasteiger partial charge is 0.335 e. The third-order valence-electron chi connectivity index (χ3n) is 1.53. The van der Waals surface area contributed by atoms with Crippen LogP contribution in [0.4, 0.5) is 0 Å². The second-order valence-corrected chi connectivity index (χ2v) is 3.20. The molecule has 0 amide bonds. The molecule has 0 aliphatic rings. The molecule has 0 aliphatic carbocycles. The number of hydrogen-bond acceptors (Lipinski definition) is 4. The van der Waals surface area contributed by atoms with Crippen molar-refractivity contribution in [2.45, 2.75) is 6.54 Å². The van der Waals surface area contributed by atoms with Crippen molar-refractivity contribution in [1.82, 2.24) is 0 Å². The summed E-state index contributed by atoms with van der Waals surface area (Å²) >= 11 is 0. The second kappa shape index (κ2) is 4.52. The van der Waals surface area contributed by atoms with E-state index in [0.29, 0.717) is 5.56 Å². The maximum absolute atomic E-state index is 10.5. The maximum atomic E-state index is 10.5. The molecule has 0 unspecified atom stereocenters. The van der Waals surface area contributed by atoms with Gasteiger partial charge in [-0.3, -0.25) is 0 Å². The minimum Gasteiger partial charge on any atom is -0.478 e. The summed E-state index contributed by atoms with van der Waals surface area (Å²) in [4.78, 5) is 10.5. The molecule has 74 valence electrons. The SMILES string of the molecule is O=C(O)c1cccc(CN=S(=O)=O)c1. The third-order valence-corrected chi connectivity index (χ3v) is 1.87. The predicted octanol–water partition coefficient (Wildman–Crippen LogP) is 0.948. The number of benzene rings is 1. The lowest BCUT2D eigenvalue weighted by atomic mass is 10.1. The molecule has 0 spiro atoms. The molecule has 0 heterocycles. The van der Waals surface area contributed by atoms with E-state index in [1.54, 1.807) is 12.1 Å². The highest BCUT2D eigenvalue weighted by Gasteiger charge is 2.02. The van der Waals surface area contributed by atoms with Crippen LogP contribution >= 0.6 is 0 Å². The van der Waals surface area contributed by atoms with Crippen LogP contribution in [0.3, 0.4) is 0 Å². The van der Waals surface area contributed by atoms with Crippen molar-refractivity contribution in [1.29, 1.82) is 0 Å². The Hall–Kier alpha value is -1.69. The lowest BCUT2D eigenvalue weighted by Gasteiger charge is -1.96. The molecule has 1 rings (SSSR count). The molecule has 1 N–H and O–H groups in total. The van der Waals surface area contributed by atoms with Gasteiger partial charge >= 0.3 is 16.5 Å². The maximum Gasteiger partial charge on any atom is 0.335 e. The van der Waals surface area contributed by atoms with Crippen molar-refractivity contribution in [2.24, 2.45) is 4.36 Å². The Bertz CT molecular complexity index is 470. The number of rotatable bonds is 3. The van der Waals surface area contributed by atoms with Gasteiger partial charge in [0.1, 0.15) is 0 Å². The van der Waals surface area contributed by atoms with Gasteiger partial charge in [0.2, 0.25) is 0 Å². The second-order valence-electron chi connectivity index (χ2n) is 2.51. The molecule has 14 heavy (non-hydrogen) atoms. The van der Waals surface area contributed by atoms with Crippen molar-refractivity contribution >= 4 is 16.5 Å². The number of carboxylic acid groups (broad SMARTS) is 1. The third kappa shape index (κ3) is 2.98. The topological polar surface area (TPSA) is 83.8 Å². The predicted molar refractivity (Wildman–Crippen MR) is 48.5 cm³/mol. The number of nitrogens with zero attached hydrogens (tertiary/aromatic N) is 1. The number of carboxylic acids is 1. The van der Waals surface area contributed by atoms with E-state index in [1.807, 2.05) is 0 Å². The first-order valence-corrected chi connectivity index (χ1v) is 4.72. The molecule has 0 saturated heterocycles. The van der Waals surface area contributed by atoms with Crippen LogP contribution in [-0.4, -0.2) is 19.5 Å². The van der Waals surface area contributed by atoms with E-state index < -0.39 is 16.5 Å². The summed E-state index contributed by atoms with van der Waals surface area (Å²) < 4.78 is 23.4. The lowest BCUT2D eigenvalue weighted by Crippen LogP contribution is -1.96. The molecular weight excluding hydrogens is 206 g/mol. The first-order valence-electron chi connectivity index (χ1n) is 3.68. The van der Waals surface area contributed by atoms with Crippen molar-refractivity contribution in [3.8, 4) is 0 Å². The van der Waals surface area contributed by atoms with E-state index in [4.69, 9.17) is 5.11 Å². The van der Waals surface area contributed by atoms with Crippen molar-refractivity contribution < 1.29 is 18.3 Å². The highest BCUT2D eigenvalue weighted by molar-refractivity contribution is 7.61. The fourth-order valence-corrected chi connectivity index (χ4v) is 1.18. The van der Waals surface area contributed by atoms with E-state index in [2.05, 4.69) is 4.36 Å². The van der Waals surface area contributed by atoms with Gasteiger partial charge in [-0.25, -0.2) is 4.79 Å². The first-order chi connectivity index (χ1) is 6.59. The molecule has 0 fully saturated rings. The molecule has 0 radical (unpaired) electrons. The summed E-state index contributed by atoms with van der Waals surface area (Å²) in [5.74, 6) is -1.05. The van der Waals surface area contributed by atoms with E-state index in [1.165, 1.54) is 12.1 Å². The van der Waals surface area contributed by atoms with Crippen LogP contribution in [0.15, 0.2) is 28.6 Å². The van der Waals surface area contributed by atoms with Crippen LogP contribution in [0, 0.1) is 0 Å². The van der Waals surface area contributed by atoms with E-state index in [9.17, 15) is 13.2 Å².